The van der Waals surface area contributed by atoms with Crippen LogP contribution < -0.4 is 5.32 Å². The average Bonchev–Trinajstić information content (AvgIpc) is 2.37. The minimum Gasteiger partial charge on any atom is -0.391 e. The minimum atomic E-state index is 0.261. The summed E-state index contributed by atoms with van der Waals surface area (Å²) in [5.41, 5.74) is 1.19. The molecule has 1 unspecified atom stereocenters. The molecular formula is C8H16N2O. The van der Waals surface area contributed by atoms with Gasteiger partial charge in [-0.2, -0.15) is 0 Å². The topological polar surface area (TPSA) is 33.6 Å². The van der Waals surface area contributed by atoms with Crippen LogP contribution in [0.25, 0.3) is 0 Å². The van der Waals surface area contributed by atoms with Gasteiger partial charge in [0.2, 0.25) is 0 Å². The summed E-state index contributed by atoms with van der Waals surface area (Å²) in [5, 5.41) is 7.08. The number of nitrogens with one attached hydrogen (secondary N) is 1. The van der Waals surface area contributed by atoms with Crippen LogP contribution in [0, 0.1) is 5.92 Å². The van der Waals surface area contributed by atoms with E-state index in [1.54, 1.807) is 0 Å². The number of nitrogens with zero attached hydrogens (tertiary/aromatic N) is 1. The van der Waals surface area contributed by atoms with Gasteiger partial charge in [-0.05, 0) is 13.0 Å². The lowest BCUT2D eigenvalue weighted by atomic mass is 10.0. The van der Waals surface area contributed by atoms with E-state index in [1.165, 1.54) is 5.71 Å². The molecule has 1 N–H and O–H groups in total. The first-order chi connectivity index (χ1) is 5.24. The largest absolute Gasteiger partial charge is 0.391 e. The third kappa shape index (κ3) is 2.19. The van der Waals surface area contributed by atoms with Crippen molar-refractivity contribution in [3.05, 3.63) is 0 Å². The van der Waals surface area contributed by atoms with Crippen LogP contribution in [0.15, 0.2) is 5.16 Å². The standard InChI is InChI=1S/C8H16N2O/c1-6(2)8-4-7(5-9-3)11-10-8/h6-7,9H,4-5H2,1-3H3. The molecular weight excluding hydrogens is 140 g/mol. The monoisotopic (exact) mass is 156 g/mol. The molecule has 0 amide bonds. The van der Waals surface area contributed by atoms with Crippen molar-refractivity contribution in [1.29, 1.82) is 0 Å². The van der Waals surface area contributed by atoms with E-state index in [1.807, 2.05) is 7.05 Å². The summed E-state index contributed by atoms with van der Waals surface area (Å²) in [6.45, 7) is 5.17. The molecule has 0 spiro atoms. The summed E-state index contributed by atoms with van der Waals surface area (Å²) >= 11 is 0. The normalized spacial score (nSPS) is 23.6. The Balaban J connectivity index is 2.31. The molecule has 0 aromatic rings. The molecule has 11 heavy (non-hydrogen) atoms. The molecule has 0 aliphatic carbocycles. The van der Waals surface area contributed by atoms with Gasteiger partial charge in [-0.1, -0.05) is 19.0 Å². The maximum Gasteiger partial charge on any atom is 0.145 e. The van der Waals surface area contributed by atoms with Crippen LogP contribution >= 0.6 is 0 Å². The lowest BCUT2D eigenvalue weighted by Gasteiger charge is -2.06. The Hall–Kier alpha value is -0.570. The van der Waals surface area contributed by atoms with Gasteiger partial charge in [0.15, 0.2) is 0 Å². The zero-order valence-corrected chi connectivity index (χ0v) is 7.42. The molecule has 3 nitrogen and oxygen atoms in total. The highest BCUT2D eigenvalue weighted by Gasteiger charge is 2.21. The van der Waals surface area contributed by atoms with E-state index in [-0.39, 0.29) is 6.10 Å². The van der Waals surface area contributed by atoms with Gasteiger partial charge in [0.1, 0.15) is 6.10 Å². The van der Waals surface area contributed by atoms with E-state index in [0.717, 1.165) is 13.0 Å². The van der Waals surface area contributed by atoms with E-state index in [2.05, 4.69) is 24.3 Å². The Morgan fingerprint density at radius 2 is 2.45 bits per heavy atom. The van der Waals surface area contributed by atoms with Crippen LogP contribution in [-0.4, -0.2) is 25.4 Å². The lowest BCUT2D eigenvalue weighted by molar-refractivity contribution is 0.0866. The smallest absolute Gasteiger partial charge is 0.145 e. The third-order valence-electron chi connectivity index (χ3n) is 1.85. The fourth-order valence-corrected chi connectivity index (χ4v) is 1.13. The number of hydrogen-bond donors (Lipinski definition) is 1. The van der Waals surface area contributed by atoms with E-state index < -0.39 is 0 Å². The van der Waals surface area contributed by atoms with Crippen LogP contribution in [-0.2, 0) is 4.84 Å². The van der Waals surface area contributed by atoms with Gasteiger partial charge in [0.25, 0.3) is 0 Å². The Morgan fingerprint density at radius 1 is 1.73 bits per heavy atom. The molecule has 0 radical (unpaired) electrons. The van der Waals surface area contributed by atoms with Crippen molar-refractivity contribution in [2.45, 2.75) is 26.4 Å². The molecule has 0 bridgehead atoms. The van der Waals surface area contributed by atoms with E-state index in [4.69, 9.17) is 4.84 Å². The van der Waals surface area contributed by atoms with Crippen molar-refractivity contribution in [3.63, 3.8) is 0 Å². The van der Waals surface area contributed by atoms with Crippen molar-refractivity contribution < 1.29 is 4.84 Å². The fraction of sp³-hybridized carbons (Fsp3) is 0.875. The van der Waals surface area contributed by atoms with Crippen molar-refractivity contribution >= 4 is 5.71 Å². The van der Waals surface area contributed by atoms with Crippen LogP contribution in [0.3, 0.4) is 0 Å². The molecule has 1 heterocycles. The van der Waals surface area contributed by atoms with Crippen molar-refractivity contribution in [2.75, 3.05) is 13.6 Å². The third-order valence-corrected chi connectivity index (χ3v) is 1.85. The number of likely N-dealkylation sites (N-methyl/N-ethyl adjacent to an activating group) is 1. The summed E-state index contributed by atoms with van der Waals surface area (Å²) in [6.07, 6.45) is 1.25. The highest BCUT2D eigenvalue weighted by Crippen LogP contribution is 2.14. The molecule has 0 saturated carbocycles. The SMILES string of the molecule is CNCC1CC(C(C)C)=NO1. The molecule has 1 aliphatic rings. The zero-order chi connectivity index (χ0) is 8.27. The van der Waals surface area contributed by atoms with Gasteiger partial charge in [-0.25, -0.2) is 0 Å². The molecule has 1 rings (SSSR count). The second kappa shape index (κ2) is 3.72. The number of rotatable bonds is 3. The summed E-state index contributed by atoms with van der Waals surface area (Å²) in [4.78, 5) is 5.19. The lowest BCUT2D eigenvalue weighted by Crippen LogP contribution is -2.24. The predicted octanol–water partition coefficient (Wildman–Crippen LogP) is 1.01. The highest BCUT2D eigenvalue weighted by molar-refractivity contribution is 5.87. The first-order valence-electron chi connectivity index (χ1n) is 4.11. The van der Waals surface area contributed by atoms with Gasteiger partial charge in [-0.15, -0.1) is 0 Å². The van der Waals surface area contributed by atoms with Gasteiger partial charge in [-0.3, -0.25) is 0 Å². The fourth-order valence-electron chi connectivity index (χ4n) is 1.13. The molecule has 0 aromatic carbocycles. The van der Waals surface area contributed by atoms with Crippen LogP contribution in [0.2, 0.25) is 0 Å². The first kappa shape index (κ1) is 8.53. The van der Waals surface area contributed by atoms with Gasteiger partial charge in [0, 0.05) is 13.0 Å². The summed E-state index contributed by atoms with van der Waals surface area (Å²) in [5.74, 6) is 0.525. The average molecular weight is 156 g/mol. The maximum absolute atomic E-state index is 5.19. The summed E-state index contributed by atoms with van der Waals surface area (Å²) in [7, 11) is 1.93. The molecule has 0 aromatic heterocycles. The second-order valence-corrected chi connectivity index (χ2v) is 3.23. The van der Waals surface area contributed by atoms with Crippen molar-refractivity contribution in [1.82, 2.24) is 5.32 Å². The maximum atomic E-state index is 5.19. The molecule has 1 aliphatic heterocycles. The van der Waals surface area contributed by atoms with E-state index in [9.17, 15) is 0 Å². The van der Waals surface area contributed by atoms with Gasteiger partial charge >= 0.3 is 0 Å². The molecule has 64 valence electrons. The Labute approximate surface area is 67.8 Å². The zero-order valence-electron chi connectivity index (χ0n) is 7.42. The molecule has 0 fully saturated rings. The van der Waals surface area contributed by atoms with E-state index >= 15 is 0 Å². The van der Waals surface area contributed by atoms with E-state index in [0.29, 0.717) is 5.92 Å². The van der Waals surface area contributed by atoms with Crippen molar-refractivity contribution in [3.8, 4) is 0 Å². The number of hydrogen-bond acceptors (Lipinski definition) is 3. The number of oxime groups is 1. The highest BCUT2D eigenvalue weighted by atomic mass is 16.6. The molecule has 0 saturated heterocycles. The Kier molecular flexibility index (Phi) is 2.88. The molecule has 1 atom stereocenters. The van der Waals surface area contributed by atoms with Crippen molar-refractivity contribution in [2.24, 2.45) is 11.1 Å². The quantitative estimate of drug-likeness (QED) is 0.661. The van der Waals surface area contributed by atoms with Crippen LogP contribution in [0.5, 0.6) is 0 Å². The Morgan fingerprint density at radius 3 is 2.91 bits per heavy atom. The van der Waals surface area contributed by atoms with Gasteiger partial charge in [0.05, 0.1) is 5.71 Å². The van der Waals surface area contributed by atoms with Crippen LogP contribution in [0.1, 0.15) is 20.3 Å². The Bertz CT molecular complexity index is 154. The summed E-state index contributed by atoms with van der Waals surface area (Å²) < 4.78 is 0. The minimum absolute atomic E-state index is 0.261. The van der Waals surface area contributed by atoms with Gasteiger partial charge < -0.3 is 10.2 Å². The summed E-state index contributed by atoms with van der Waals surface area (Å²) in [6, 6.07) is 0. The predicted molar refractivity (Wildman–Crippen MR) is 45.7 cm³/mol. The molecule has 3 heteroatoms. The first-order valence-corrected chi connectivity index (χ1v) is 4.11. The second-order valence-electron chi connectivity index (χ2n) is 3.23. The van der Waals surface area contributed by atoms with Crippen LogP contribution in [0.4, 0.5) is 0 Å².